The molecule has 26 heavy (non-hydrogen) atoms. The third-order valence-corrected chi connectivity index (χ3v) is 7.96. The maximum Gasteiger partial charge on any atom is 0.289 e. The third kappa shape index (κ3) is 3.09. The van der Waals surface area contributed by atoms with Gasteiger partial charge in [0.05, 0.1) is 17.2 Å². The molecular formula is C19H24N2O3S2. The van der Waals surface area contributed by atoms with Crippen LogP contribution in [0.2, 0.25) is 0 Å². The van der Waals surface area contributed by atoms with Crippen molar-refractivity contribution in [2.45, 2.75) is 68.9 Å². The molecule has 1 aliphatic heterocycles. The van der Waals surface area contributed by atoms with Crippen LogP contribution in [0.1, 0.15) is 56.2 Å². The average Bonchev–Trinajstić information content (AvgIpc) is 3.37. The number of thiophene rings is 1. The summed E-state index contributed by atoms with van der Waals surface area (Å²) in [6, 6.07) is 3.76. The van der Waals surface area contributed by atoms with Crippen molar-refractivity contribution in [1.82, 2.24) is 10.2 Å². The van der Waals surface area contributed by atoms with Gasteiger partial charge < -0.3 is 5.32 Å². The summed E-state index contributed by atoms with van der Waals surface area (Å²) in [7, 11) is 0. The molecular weight excluding hydrogens is 368 g/mol. The van der Waals surface area contributed by atoms with Crippen LogP contribution < -0.4 is 5.32 Å². The maximum atomic E-state index is 13.4. The van der Waals surface area contributed by atoms with Crippen LogP contribution >= 0.6 is 23.1 Å². The van der Waals surface area contributed by atoms with Crippen molar-refractivity contribution < 1.29 is 14.4 Å². The Morgan fingerprint density at radius 2 is 1.92 bits per heavy atom. The number of nitrogens with zero attached hydrogens (tertiary/aromatic N) is 1. The second-order valence-corrected chi connectivity index (χ2v) is 9.39. The molecule has 3 amide bonds. The van der Waals surface area contributed by atoms with E-state index in [1.807, 2.05) is 11.4 Å². The topological polar surface area (TPSA) is 66.5 Å². The molecule has 5 nitrogen and oxygen atoms in total. The number of thioether (sulfide) groups is 1. The van der Waals surface area contributed by atoms with Crippen LogP contribution in [0.25, 0.3) is 0 Å². The standard InChI is InChI=1S/C19H24N2O3S2/c22-16-12-26-18(24)21(16)14-7-2-1-6-13(14)20-17(23)19(9-3-4-10-19)15-8-5-11-25-15/h5,8,11,13-14H,1-4,6-7,9-10,12H2,(H,20,23)/t13-,14+/m1/s1. The van der Waals surface area contributed by atoms with Crippen molar-refractivity contribution in [1.29, 1.82) is 0 Å². The second-order valence-electron chi connectivity index (χ2n) is 7.52. The molecule has 0 spiro atoms. The molecule has 0 radical (unpaired) electrons. The van der Waals surface area contributed by atoms with Crippen LogP contribution in [0.5, 0.6) is 0 Å². The summed E-state index contributed by atoms with van der Waals surface area (Å²) < 4.78 is 0. The van der Waals surface area contributed by atoms with Gasteiger partial charge in [0.2, 0.25) is 11.8 Å². The SMILES string of the molecule is O=C1CSC(=O)N1[C@H]1CCCC[C@H]1NC(=O)C1(c2cccs2)CCCC1. The molecule has 0 aromatic carbocycles. The van der Waals surface area contributed by atoms with Crippen LogP contribution in [0, 0.1) is 0 Å². The Balaban J connectivity index is 1.55. The molecule has 1 saturated heterocycles. The zero-order valence-electron chi connectivity index (χ0n) is 14.7. The lowest BCUT2D eigenvalue weighted by atomic mass is 9.82. The summed E-state index contributed by atoms with van der Waals surface area (Å²) in [5, 5.41) is 5.15. The number of hydrogen-bond acceptors (Lipinski definition) is 5. The molecule has 3 aliphatic rings. The number of nitrogens with one attached hydrogen (secondary N) is 1. The first-order chi connectivity index (χ1) is 12.6. The molecule has 7 heteroatoms. The van der Waals surface area contributed by atoms with Crippen molar-refractivity contribution in [3.63, 3.8) is 0 Å². The minimum atomic E-state index is -0.427. The van der Waals surface area contributed by atoms with Crippen LogP contribution in [-0.4, -0.2) is 39.8 Å². The average molecular weight is 393 g/mol. The Morgan fingerprint density at radius 3 is 2.58 bits per heavy atom. The quantitative estimate of drug-likeness (QED) is 0.849. The number of imide groups is 1. The molecule has 0 bridgehead atoms. The molecule has 0 unspecified atom stereocenters. The highest BCUT2D eigenvalue weighted by atomic mass is 32.2. The fraction of sp³-hybridized carbons (Fsp3) is 0.632. The Hall–Kier alpha value is -1.34. The fourth-order valence-electron chi connectivity index (χ4n) is 4.69. The molecule has 2 atom stereocenters. The lowest BCUT2D eigenvalue weighted by Crippen LogP contribution is -2.57. The Kier molecular flexibility index (Phi) is 5.10. The first-order valence-corrected chi connectivity index (χ1v) is 11.3. The number of carbonyl (C=O) groups excluding carboxylic acids is 3. The van der Waals surface area contributed by atoms with Gasteiger partial charge >= 0.3 is 0 Å². The van der Waals surface area contributed by atoms with Crippen molar-refractivity contribution >= 4 is 40.2 Å². The molecule has 1 N–H and O–H groups in total. The van der Waals surface area contributed by atoms with E-state index in [2.05, 4.69) is 11.4 Å². The van der Waals surface area contributed by atoms with Crippen LogP contribution in [0.3, 0.4) is 0 Å². The van der Waals surface area contributed by atoms with E-state index in [4.69, 9.17) is 0 Å². The first-order valence-electron chi connectivity index (χ1n) is 9.45. The van der Waals surface area contributed by atoms with Crippen molar-refractivity contribution in [2.75, 3.05) is 5.75 Å². The third-order valence-electron chi connectivity index (χ3n) is 6.05. The highest BCUT2D eigenvalue weighted by Crippen LogP contribution is 2.43. The van der Waals surface area contributed by atoms with Gasteiger partial charge in [-0.25, -0.2) is 0 Å². The van der Waals surface area contributed by atoms with Gasteiger partial charge in [0.25, 0.3) is 5.24 Å². The lowest BCUT2D eigenvalue weighted by molar-refractivity contribution is -0.131. The predicted octanol–water partition coefficient (Wildman–Crippen LogP) is 3.68. The van der Waals surface area contributed by atoms with E-state index in [9.17, 15) is 14.4 Å². The van der Waals surface area contributed by atoms with Gasteiger partial charge in [-0.3, -0.25) is 19.3 Å². The van der Waals surface area contributed by atoms with E-state index in [0.717, 1.165) is 68.0 Å². The van der Waals surface area contributed by atoms with E-state index in [1.54, 1.807) is 11.3 Å². The summed E-state index contributed by atoms with van der Waals surface area (Å²) in [5.41, 5.74) is -0.427. The highest BCUT2D eigenvalue weighted by molar-refractivity contribution is 8.14. The number of carbonyl (C=O) groups is 3. The molecule has 140 valence electrons. The maximum absolute atomic E-state index is 13.4. The molecule has 2 aliphatic carbocycles. The number of rotatable bonds is 4. The van der Waals surface area contributed by atoms with Crippen LogP contribution in [-0.2, 0) is 15.0 Å². The Bertz CT molecular complexity index is 682. The molecule has 1 aromatic rings. The molecule has 1 aromatic heterocycles. The van der Waals surface area contributed by atoms with E-state index in [1.165, 1.54) is 4.90 Å². The van der Waals surface area contributed by atoms with Crippen molar-refractivity contribution in [3.05, 3.63) is 22.4 Å². The summed E-state index contributed by atoms with van der Waals surface area (Å²) in [6.07, 6.45) is 7.54. The van der Waals surface area contributed by atoms with E-state index in [-0.39, 0.29) is 34.9 Å². The smallest absolute Gasteiger partial charge is 0.289 e. The first kappa shape index (κ1) is 18.0. The Morgan fingerprint density at radius 1 is 1.15 bits per heavy atom. The van der Waals surface area contributed by atoms with Gasteiger partial charge in [-0.15, -0.1) is 11.3 Å². The molecule has 2 saturated carbocycles. The summed E-state index contributed by atoms with van der Waals surface area (Å²) in [5.74, 6) is 0.205. The minimum absolute atomic E-state index is 0.0843. The normalized spacial score (nSPS) is 28.5. The second kappa shape index (κ2) is 7.35. The zero-order chi connectivity index (χ0) is 18.1. The highest BCUT2D eigenvalue weighted by Gasteiger charge is 2.46. The molecule has 3 fully saturated rings. The van der Waals surface area contributed by atoms with Gasteiger partial charge in [-0.05, 0) is 37.1 Å². The summed E-state index contributed by atoms with van der Waals surface area (Å²) in [6.45, 7) is 0. The summed E-state index contributed by atoms with van der Waals surface area (Å²) in [4.78, 5) is 40.3. The van der Waals surface area contributed by atoms with Crippen molar-refractivity contribution in [3.8, 4) is 0 Å². The largest absolute Gasteiger partial charge is 0.350 e. The minimum Gasteiger partial charge on any atom is -0.350 e. The molecule has 2 heterocycles. The number of hydrogen-bond donors (Lipinski definition) is 1. The van der Waals surface area contributed by atoms with E-state index >= 15 is 0 Å². The van der Waals surface area contributed by atoms with Crippen molar-refractivity contribution in [2.24, 2.45) is 0 Å². The number of amides is 3. The van der Waals surface area contributed by atoms with Gasteiger partial charge in [0, 0.05) is 10.9 Å². The van der Waals surface area contributed by atoms with Crippen LogP contribution in [0.4, 0.5) is 4.79 Å². The van der Waals surface area contributed by atoms with Crippen LogP contribution in [0.15, 0.2) is 17.5 Å². The fourth-order valence-corrected chi connectivity index (χ4v) is 6.44. The predicted molar refractivity (Wildman–Crippen MR) is 103 cm³/mol. The van der Waals surface area contributed by atoms with Gasteiger partial charge in [-0.1, -0.05) is 43.5 Å². The lowest BCUT2D eigenvalue weighted by Gasteiger charge is -2.39. The summed E-state index contributed by atoms with van der Waals surface area (Å²) >= 11 is 2.73. The van der Waals surface area contributed by atoms with Gasteiger partial charge in [0.1, 0.15) is 0 Å². The van der Waals surface area contributed by atoms with E-state index < -0.39 is 5.41 Å². The molecule has 4 rings (SSSR count). The Labute approximate surface area is 161 Å². The monoisotopic (exact) mass is 392 g/mol. The zero-order valence-corrected chi connectivity index (χ0v) is 16.4. The van der Waals surface area contributed by atoms with Gasteiger partial charge in [-0.2, -0.15) is 0 Å². The van der Waals surface area contributed by atoms with E-state index in [0.29, 0.717) is 0 Å². The van der Waals surface area contributed by atoms with Gasteiger partial charge in [0.15, 0.2) is 0 Å².